The van der Waals surface area contributed by atoms with Crippen molar-refractivity contribution < 1.29 is 9.21 Å². The zero-order valence-corrected chi connectivity index (χ0v) is 10.9. The van der Waals surface area contributed by atoms with Gasteiger partial charge < -0.3 is 9.32 Å². The maximum absolute atomic E-state index is 12.3. The first-order chi connectivity index (χ1) is 8.00. The van der Waals surface area contributed by atoms with Crippen LogP contribution in [0.25, 0.3) is 0 Å². The molecule has 1 aromatic rings. The largest absolute Gasteiger partial charge is 0.447 e. The van der Waals surface area contributed by atoms with E-state index in [9.17, 15) is 4.79 Å². The van der Waals surface area contributed by atoms with Crippen molar-refractivity contribution in [2.45, 2.75) is 33.6 Å². The molecule has 0 bridgehead atoms. The Balaban J connectivity index is 2.18. The van der Waals surface area contributed by atoms with Crippen molar-refractivity contribution in [1.29, 1.82) is 0 Å². The first kappa shape index (κ1) is 12.1. The molecule has 4 heteroatoms. The molecule has 1 aromatic heterocycles. The molecule has 2 atom stereocenters. The molecule has 1 amide bonds. The van der Waals surface area contributed by atoms with Crippen molar-refractivity contribution in [3.8, 4) is 0 Å². The molecular weight excluding hydrogens is 216 g/mol. The summed E-state index contributed by atoms with van der Waals surface area (Å²) in [4.78, 5) is 18.3. The molecule has 0 aliphatic carbocycles. The highest BCUT2D eigenvalue weighted by Gasteiger charge is 2.32. The van der Waals surface area contributed by atoms with Crippen LogP contribution in [0.5, 0.6) is 0 Å². The van der Waals surface area contributed by atoms with Crippen molar-refractivity contribution in [3.05, 3.63) is 17.8 Å². The lowest BCUT2D eigenvalue weighted by Crippen LogP contribution is -2.30. The van der Waals surface area contributed by atoms with E-state index in [4.69, 9.17) is 4.42 Å². The number of aromatic nitrogens is 1. The third-order valence-corrected chi connectivity index (χ3v) is 3.60. The van der Waals surface area contributed by atoms with Gasteiger partial charge in [-0.15, -0.1) is 0 Å². The van der Waals surface area contributed by atoms with Crippen LogP contribution in [0.2, 0.25) is 0 Å². The van der Waals surface area contributed by atoms with Crippen LogP contribution in [0.1, 0.15) is 49.9 Å². The van der Waals surface area contributed by atoms with E-state index in [0.717, 1.165) is 13.1 Å². The smallest absolute Gasteiger partial charge is 0.276 e. The predicted molar refractivity (Wildman–Crippen MR) is 64.8 cm³/mol. The number of rotatable bonds is 2. The number of hydrogen-bond acceptors (Lipinski definition) is 3. The monoisotopic (exact) mass is 236 g/mol. The van der Waals surface area contributed by atoms with Gasteiger partial charge in [-0.2, -0.15) is 0 Å². The van der Waals surface area contributed by atoms with E-state index in [-0.39, 0.29) is 11.8 Å². The van der Waals surface area contributed by atoms with Crippen LogP contribution in [0.3, 0.4) is 0 Å². The number of hydrogen-bond donors (Lipinski definition) is 0. The SMILES string of the molecule is CC(C)c1ocnc1C(=O)N1C[C@@H](C)[C@@H](C)C1. The summed E-state index contributed by atoms with van der Waals surface area (Å²) in [6.07, 6.45) is 1.37. The van der Waals surface area contributed by atoms with Crippen molar-refractivity contribution in [3.63, 3.8) is 0 Å². The standard InChI is InChI=1S/C13H20N2O2/c1-8(2)12-11(14-7-17-12)13(16)15-5-9(3)10(4)6-15/h7-10H,5-6H2,1-4H3/t9-,10+. The number of carbonyl (C=O) groups excluding carboxylic acids is 1. The first-order valence-electron chi connectivity index (χ1n) is 6.23. The Morgan fingerprint density at radius 1 is 1.41 bits per heavy atom. The minimum absolute atomic E-state index is 0.0126. The van der Waals surface area contributed by atoms with Crippen LogP contribution in [0.15, 0.2) is 10.8 Å². The number of amides is 1. The lowest BCUT2D eigenvalue weighted by Gasteiger charge is -2.15. The van der Waals surface area contributed by atoms with Gasteiger partial charge in [0.05, 0.1) is 0 Å². The zero-order chi connectivity index (χ0) is 12.6. The van der Waals surface area contributed by atoms with E-state index in [1.165, 1.54) is 6.39 Å². The van der Waals surface area contributed by atoms with Gasteiger partial charge in [0.2, 0.25) is 0 Å². The Bertz CT molecular complexity index is 401. The average molecular weight is 236 g/mol. The highest BCUT2D eigenvalue weighted by molar-refractivity contribution is 5.93. The average Bonchev–Trinajstić information content (AvgIpc) is 2.85. The van der Waals surface area contributed by atoms with Crippen molar-refractivity contribution in [2.24, 2.45) is 11.8 Å². The fraction of sp³-hybridized carbons (Fsp3) is 0.692. The Kier molecular flexibility index (Phi) is 3.22. The van der Waals surface area contributed by atoms with Gasteiger partial charge >= 0.3 is 0 Å². The van der Waals surface area contributed by atoms with Crippen LogP contribution in [-0.2, 0) is 0 Å². The molecule has 2 heterocycles. The van der Waals surface area contributed by atoms with Crippen LogP contribution < -0.4 is 0 Å². The van der Waals surface area contributed by atoms with Crippen molar-refractivity contribution in [2.75, 3.05) is 13.1 Å². The van der Waals surface area contributed by atoms with Crippen LogP contribution in [0, 0.1) is 11.8 Å². The van der Waals surface area contributed by atoms with Gasteiger partial charge in [-0.05, 0) is 11.8 Å². The molecule has 0 spiro atoms. The molecule has 0 aromatic carbocycles. The summed E-state index contributed by atoms with van der Waals surface area (Å²) >= 11 is 0. The number of likely N-dealkylation sites (tertiary alicyclic amines) is 1. The van der Waals surface area contributed by atoms with Crippen molar-refractivity contribution in [1.82, 2.24) is 9.88 Å². The third kappa shape index (κ3) is 2.21. The summed E-state index contributed by atoms with van der Waals surface area (Å²) in [6.45, 7) is 10.0. The molecule has 2 rings (SSSR count). The van der Waals surface area contributed by atoms with Crippen LogP contribution >= 0.6 is 0 Å². The Labute approximate surface area is 102 Å². The first-order valence-corrected chi connectivity index (χ1v) is 6.23. The Morgan fingerprint density at radius 3 is 2.53 bits per heavy atom. The normalized spacial score (nSPS) is 24.6. The second-order valence-electron chi connectivity index (χ2n) is 5.38. The van der Waals surface area contributed by atoms with Gasteiger partial charge in [0.15, 0.2) is 12.1 Å². The molecule has 4 nitrogen and oxygen atoms in total. The van der Waals surface area contributed by atoms with E-state index < -0.39 is 0 Å². The molecule has 0 N–H and O–H groups in total. The summed E-state index contributed by atoms with van der Waals surface area (Å²) in [5, 5.41) is 0. The summed E-state index contributed by atoms with van der Waals surface area (Å²) in [7, 11) is 0. The molecule has 1 saturated heterocycles. The van der Waals surface area contributed by atoms with Gasteiger partial charge in [0.25, 0.3) is 5.91 Å². The topological polar surface area (TPSA) is 46.3 Å². The quantitative estimate of drug-likeness (QED) is 0.792. The third-order valence-electron chi connectivity index (χ3n) is 3.60. The van der Waals surface area contributed by atoms with Gasteiger partial charge in [-0.25, -0.2) is 4.98 Å². The van der Waals surface area contributed by atoms with Gasteiger partial charge in [-0.1, -0.05) is 27.7 Å². The Hall–Kier alpha value is -1.32. The van der Waals surface area contributed by atoms with E-state index in [1.54, 1.807) is 0 Å². The molecule has 1 fully saturated rings. The lowest BCUT2D eigenvalue weighted by atomic mass is 10.0. The molecule has 1 aliphatic heterocycles. The maximum Gasteiger partial charge on any atom is 0.276 e. The fourth-order valence-electron chi connectivity index (χ4n) is 2.27. The van der Waals surface area contributed by atoms with E-state index in [0.29, 0.717) is 23.3 Å². The van der Waals surface area contributed by atoms with E-state index in [1.807, 2.05) is 18.7 Å². The van der Waals surface area contributed by atoms with Gasteiger partial charge in [-0.3, -0.25) is 4.79 Å². The molecule has 17 heavy (non-hydrogen) atoms. The molecular formula is C13H20N2O2. The van der Waals surface area contributed by atoms with Gasteiger partial charge in [0.1, 0.15) is 5.76 Å². The summed E-state index contributed by atoms with van der Waals surface area (Å²) < 4.78 is 5.30. The van der Waals surface area contributed by atoms with Crippen LogP contribution in [-0.4, -0.2) is 28.9 Å². The van der Waals surface area contributed by atoms with E-state index in [2.05, 4.69) is 18.8 Å². The fourth-order valence-corrected chi connectivity index (χ4v) is 2.27. The lowest BCUT2D eigenvalue weighted by molar-refractivity contribution is 0.0777. The molecule has 0 unspecified atom stereocenters. The van der Waals surface area contributed by atoms with Crippen molar-refractivity contribution >= 4 is 5.91 Å². The molecule has 0 radical (unpaired) electrons. The highest BCUT2D eigenvalue weighted by Crippen LogP contribution is 2.26. The number of nitrogens with zero attached hydrogens (tertiary/aromatic N) is 2. The number of carbonyl (C=O) groups is 1. The second-order valence-corrected chi connectivity index (χ2v) is 5.38. The summed E-state index contributed by atoms with van der Waals surface area (Å²) in [5.74, 6) is 2.02. The zero-order valence-electron chi connectivity index (χ0n) is 10.9. The summed E-state index contributed by atoms with van der Waals surface area (Å²) in [5.41, 5.74) is 0.487. The maximum atomic E-state index is 12.3. The summed E-state index contributed by atoms with van der Waals surface area (Å²) in [6, 6.07) is 0. The van der Waals surface area contributed by atoms with Gasteiger partial charge in [0, 0.05) is 19.0 Å². The molecule has 0 saturated carbocycles. The molecule has 1 aliphatic rings. The predicted octanol–water partition coefficient (Wildman–Crippen LogP) is 2.53. The Morgan fingerprint density at radius 2 is 2.00 bits per heavy atom. The highest BCUT2D eigenvalue weighted by atomic mass is 16.3. The minimum atomic E-state index is 0.0126. The van der Waals surface area contributed by atoms with Crippen LogP contribution in [0.4, 0.5) is 0 Å². The second kappa shape index (κ2) is 4.51. The van der Waals surface area contributed by atoms with E-state index >= 15 is 0 Å². The molecule has 94 valence electrons. The number of oxazole rings is 1. The minimum Gasteiger partial charge on any atom is -0.447 e.